The second-order valence-corrected chi connectivity index (χ2v) is 6.00. The molecule has 1 aromatic rings. The van der Waals surface area contributed by atoms with Crippen molar-refractivity contribution in [2.75, 3.05) is 39.8 Å². The van der Waals surface area contributed by atoms with Gasteiger partial charge in [-0.2, -0.15) is 0 Å². The Balaban J connectivity index is 1.67. The van der Waals surface area contributed by atoms with E-state index in [4.69, 9.17) is 0 Å². The van der Waals surface area contributed by atoms with Crippen LogP contribution in [-0.4, -0.2) is 60.6 Å². The number of hydrogen-bond acceptors (Lipinski definition) is 3. The number of nitrogens with zero attached hydrogens (tertiary/aromatic N) is 3. The molecule has 0 bridgehead atoms. The van der Waals surface area contributed by atoms with Crippen molar-refractivity contribution in [2.45, 2.75) is 19.8 Å². The average Bonchev–Trinajstić information content (AvgIpc) is 2.44. The molecule has 1 aliphatic heterocycles. The summed E-state index contributed by atoms with van der Waals surface area (Å²) in [6.45, 7) is 8.62. The third-order valence-electron chi connectivity index (χ3n) is 4.04. The van der Waals surface area contributed by atoms with Gasteiger partial charge in [0.1, 0.15) is 0 Å². The van der Waals surface area contributed by atoms with E-state index < -0.39 is 0 Å². The number of amides is 2. The van der Waals surface area contributed by atoms with Crippen LogP contribution in [0.2, 0.25) is 0 Å². The van der Waals surface area contributed by atoms with Gasteiger partial charge in [0.2, 0.25) is 0 Å². The van der Waals surface area contributed by atoms with Gasteiger partial charge in [0, 0.05) is 44.0 Å². The number of urea groups is 1. The van der Waals surface area contributed by atoms with Gasteiger partial charge in [-0.05, 0) is 31.6 Å². The number of pyridine rings is 1. The van der Waals surface area contributed by atoms with E-state index in [-0.39, 0.29) is 6.03 Å². The Kier molecular flexibility index (Phi) is 5.56. The third kappa shape index (κ3) is 4.43. The molecule has 21 heavy (non-hydrogen) atoms. The fourth-order valence-electron chi connectivity index (χ4n) is 2.55. The van der Waals surface area contributed by atoms with Crippen molar-refractivity contribution in [2.24, 2.45) is 5.92 Å². The number of nitrogens with one attached hydrogen (secondary N) is 1. The molecule has 0 radical (unpaired) electrons. The summed E-state index contributed by atoms with van der Waals surface area (Å²) in [5.74, 6) is 0.854. The number of carbonyl (C=O) groups is 1. The van der Waals surface area contributed by atoms with Gasteiger partial charge in [0.05, 0.1) is 0 Å². The van der Waals surface area contributed by atoms with Crippen LogP contribution in [-0.2, 0) is 0 Å². The maximum atomic E-state index is 12.0. The van der Waals surface area contributed by atoms with Crippen molar-refractivity contribution >= 4 is 6.03 Å². The highest BCUT2D eigenvalue weighted by atomic mass is 16.2. The van der Waals surface area contributed by atoms with Crippen molar-refractivity contribution in [1.29, 1.82) is 0 Å². The van der Waals surface area contributed by atoms with Crippen LogP contribution in [0, 0.1) is 5.92 Å². The smallest absolute Gasteiger partial charge is 0.317 e. The number of hydrogen-bond donors (Lipinski definition) is 1. The monoisotopic (exact) mass is 290 g/mol. The lowest BCUT2D eigenvalue weighted by atomic mass is 9.96. The number of rotatable bonds is 6. The van der Waals surface area contributed by atoms with Crippen LogP contribution in [0.3, 0.4) is 0 Å². The van der Waals surface area contributed by atoms with Crippen molar-refractivity contribution < 1.29 is 4.79 Å². The van der Waals surface area contributed by atoms with E-state index in [2.05, 4.69) is 36.1 Å². The Hall–Kier alpha value is -1.62. The van der Waals surface area contributed by atoms with Gasteiger partial charge in [-0.15, -0.1) is 0 Å². The van der Waals surface area contributed by atoms with E-state index in [1.807, 2.05) is 29.3 Å². The van der Waals surface area contributed by atoms with Crippen LogP contribution in [0.5, 0.6) is 0 Å². The summed E-state index contributed by atoms with van der Waals surface area (Å²) in [6, 6.07) is 5.99. The first-order valence-electron chi connectivity index (χ1n) is 7.72. The van der Waals surface area contributed by atoms with E-state index in [0.717, 1.165) is 38.4 Å². The van der Waals surface area contributed by atoms with Gasteiger partial charge in [-0.1, -0.05) is 19.9 Å². The Labute approximate surface area is 127 Å². The lowest BCUT2D eigenvalue weighted by molar-refractivity contribution is 0.148. The molecule has 5 heteroatoms. The molecule has 1 aliphatic rings. The summed E-state index contributed by atoms with van der Waals surface area (Å²) in [5, 5.41) is 3.03. The van der Waals surface area contributed by atoms with Crippen LogP contribution in [0.4, 0.5) is 4.79 Å². The van der Waals surface area contributed by atoms with E-state index >= 15 is 0 Å². The average molecular weight is 290 g/mol. The molecule has 1 aromatic heterocycles. The summed E-state index contributed by atoms with van der Waals surface area (Å²) >= 11 is 0. The van der Waals surface area contributed by atoms with Crippen LogP contribution < -0.4 is 5.32 Å². The molecule has 1 atom stereocenters. The molecule has 1 unspecified atom stereocenters. The topological polar surface area (TPSA) is 48.5 Å². The summed E-state index contributed by atoms with van der Waals surface area (Å²) in [4.78, 5) is 20.5. The molecule has 2 amide bonds. The molecule has 0 spiro atoms. The third-order valence-corrected chi connectivity index (χ3v) is 4.04. The highest BCUT2D eigenvalue weighted by molar-refractivity contribution is 5.75. The molecular weight excluding hydrogens is 264 g/mol. The van der Waals surface area contributed by atoms with Gasteiger partial charge in [-0.3, -0.25) is 4.98 Å². The summed E-state index contributed by atoms with van der Waals surface area (Å²) in [7, 11) is 2.10. The zero-order valence-electron chi connectivity index (χ0n) is 13.2. The predicted octanol–water partition coefficient (Wildman–Crippen LogP) is 1.78. The summed E-state index contributed by atoms with van der Waals surface area (Å²) < 4.78 is 0. The van der Waals surface area contributed by atoms with Crippen molar-refractivity contribution in [3.05, 3.63) is 30.1 Å². The van der Waals surface area contributed by atoms with Gasteiger partial charge >= 0.3 is 6.03 Å². The van der Waals surface area contributed by atoms with Gasteiger partial charge in [0.25, 0.3) is 0 Å². The molecule has 1 fully saturated rings. The molecule has 0 aliphatic carbocycles. The maximum Gasteiger partial charge on any atom is 0.317 e. The van der Waals surface area contributed by atoms with Crippen molar-refractivity contribution in [3.8, 4) is 0 Å². The van der Waals surface area contributed by atoms with Crippen LogP contribution >= 0.6 is 0 Å². The standard InChI is InChI=1S/C16H26N4O/c1-4-19(3)10-13(2)9-18-16(21)20-11-14(12-20)15-7-5-6-8-17-15/h5-8,13-14H,4,9-12H2,1-3H3,(H,18,21). The number of aromatic nitrogens is 1. The minimum absolute atomic E-state index is 0.0492. The van der Waals surface area contributed by atoms with E-state index in [1.54, 1.807) is 0 Å². The first kappa shape index (κ1) is 15.8. The molecule has 1 saturated heterocycles. The molecule has 1 N–H and O–H groups in total. The van der Waals surface area contributed by atoms with Crippen molar-refractivity contribution in [1.82, 2.24) is 20.1 Å². The zero-order chi connectivity index (χ0) is 15.2. The lowest BCUT2D eigenvalue weighted by Crippen LogP contribution is -2.53. The summed E-state index contributed by atoms with van der Waals surface area (Å²) in [5.41, 5.74) is 1.08. The largest absolute Gasteiger partial charge is 0.338 e. The Morgan fingerprint density at radius 1 is 1.52 bits per heavy atom. The fourth-order valence-corrected chi connectivity index (χ4v) is 2.55. The molecule has 0 aromatic carbocycles. The van der Waals surface area contributed by atoms with E-state index in [1.165, 1.54) is 0 Å². The molecular formula is C16H26N4O. The minimum Gasteiger partial charge on any atom is -0.338 e. The van der Waals surface area contributed by atoms with Gasteiger partial charge < -0.3 is 15.1 Å². The van der Waals surface area contributed by atoms with E-state index in [9.17, 15) is 4.79 Å². The highest BCUT2D eigenvalue weighted by Crippen LogP contribution is 2.24. The van der Waals surface area contributed by atoms with Crippen LogP contribution in [0.15, 0.2) is 24.4 Å². The first-order valence-corrected chi connectivity index (χ1v) is 7.72. The number of carbonyl (C=O) groups excluding carboxylic acids is 1. The zero-order valence-corrected chi connectivity index (χ0v) is 13.2. The Morgan fingerprint density at radius 2 is 2.29 bits per heavy atom. The SMILES string of the molecule is CCN(C)CC(C)CNC(=O)N1CC(c2ccccn2)C1. The quantitative estimate of drug-likeness (QED) is 0.869. The Morgan fingerprint density at radius 3 is 2.90 bits per heavy atom. The Bertz CT molecular complexity index is 445. The molecule has 0 saturated carbocycles. The molecule has 2 heterocycles. The normalized spacial score (nSPS) is 16.7. The van der Waals surface area contributed by atoms with Crippen molar-refractivity contribution in [3.63, 3.8) is 0 Å². The van der Waals surface area contributed by atoms with Crippen LogP contribution in [0.25, 0.3) is 0 Å². The number of likely N-dealkylation sites (tertiary alicyclic amines) is 1. The predicted molar refractivity (Wildman–Crippen MR) is 84.3 cm³/mol. The second-order valence-electron chi connectivity index (χ2n) is 6.00. The molecule has 5 nitrogen and oxygen atoms in total. The minimum atomic E-state index is 0.0492. The maximum absolute atomic E-state index is 12.0. The lowest BCUT2D eigenvalue weighted by Gasteiger charge is -2.39. The van der Waals surface area contributed by atoms with Crippen LogP contribution in [0.1, 0.15) is 25.5 Å². The second kappa shape index (κ2) is 7.41. The van der Waals surface area contributed by atoms with Gasteiger partial charge in [0.15, 0.2) is 0 Å². The fraction of sp³-hybridized carbons (Fsp3) is 0.625. The van der Waals surface area contributed by atoms with Gasteiger partial charge in [-0.25, -0.2) is 4.79 Å². The molecule has 116 valence electrons. The highest BCUT2D eigenvalue weighted by Gasteiger charge is 2.32. The summed E-state index contributed by atoms with van der Waals surface area (Å²) in [6.07, 6.45) is 1.81. The van der Waals surface area contributed by atoms with E-state index in [0.29, 0.717) is 11.8 Å². The first-order chi connectivity index (χ1) is 10.1. The molecule has 2 rings (SSSR count).